The van der Waals surface area contributed by atoms with Crippen LogP contribution in [0.3, 0.4) is 0 Å². The number of carbonyl (C=O) groups is 3. The molecule has 6 heteroatoms. The van der Waals surface area contributed by atoms with Gasteiger partial charge in [0.15, 0.2) is 11.6 Å². The summed E-state index contributed by atoms with van der Waals surface area (Å²) in [5.74, 6) is -0.328. The number of Topliss-reactive ketones (excluding diaryl/α,β-unsaturated/α-hetero) is 2. The highest BCUT2D eigenvalue weighted by Gasteiger charge is 2.34. The molecule has 1 N–H and O–H groups in total. The molecule has 1 aliphatic heterocycles. The molecule has 1 aliphatic carbocycles. The third kappa shape index (κ3) is 3.57. The number of H-pyrrole nitrogens is 1. The van der Waals surface area contributed by atoms with Crippen molar-refractivity contribution in [2.24, 2.45) is 0 Å². The van der Waals surface area contributed by atoms with Crippen LogP contribution in [-0.2, 0) is 14.4 Å². The van der Waals surface area contributed by atoms with Crippen molar-refractivity contribution >= 4 is 45.2 Å². The number of allylic oxidation sites excluding steroid dienone is 2. The molecule has 0 atom stereocenters. The number of aryl methyl sites for hydroxylation is 1. The van der Waals surface area contributed by atoms with Crippen LogP contribution in [0, 0.1) is 6.92 Å². The van der Waals surface area contributed by atoms with E-state index in [-0.39, 0.29) is 23.9 Å². The molecule has 2 aliphatic rings. The smallest absolute Gasteiger partial charge is 0.246 e. The van der Waals surface area contributed by atoms with Crippen LogP contribution >= 0.6 is 0 Å². The highest BCUT2D eigenvalue weighted by molar-refractivity contribution is 6.51. The van der Waals surface area contributed by atoms with Gasteiger partial charge in [-0.25, -0.2) is 0 Å². The molecule has 166 valence electrons. The van der Waals surface area contributed by atoms with Crippen molar-refractivity contribution in [3.05, 3.63) is 78.0 Å². The molecule has 2 heterocycles. The van der Waals surface area contributed by atoms with Crippen LogP contribution in [0.15, 0.2) is 61.3 Å². The Labute approximate surface area is 192 Å². The molecule has 33 heavy (non-hydrogen) atoms. The molecule has 6 nitrogen and oxygen atoms in total. The molecule has 0 unspecified atom stereocenters. The van der Waals surface area contributed by atoms with Crippen LogP contribution in [-0.4, -0.2) is 53.5 Å². The van der Waals surface area contributed by atoms with Gasteiger partial charge < -0.3 is 14.8 Å². The first-order chi connectivity index (χ1) is 16.0. The minimum atomic E-state index is -0.138. The zero-order valence-electron chi connectivity index (χ0n) is 18.6. The summed E-state index contributed by atoms with van der Waals surface area (Å²) in [7, 11) is 0. The summed E-state index contributed by atoms with van der Waals surface area (Å²) < 4.78 is 0. The second-order valence-electron chi connectivity index (χ2n) is 8.54. The minimum Gasteiger partial charge on any atom is -0.368 e. The van der Waals surface area contributed by atoms with Crippen LogP contribution < -0.4 is 4.90 Å². The first-order valence-corrected chi connectivity index (χ1v) is 11.1. The Morgan fingerprint density at radius 2 is 1.67 bits per heavy atom. The average Bonchev–Trinajstić information content (AvgIpc) is 3.38. The molecule has 5 rings (SSSR count). The molecule has 1 aromatic heterocycles. The van der Waals surface area contributed by atoms with Crippen LogP contribution in [0.2, 0.25) is 0 Å². The van der Waals surface area contributed by atoms with E-state index in [1.807, 2.05) is 55.6 Å². The zero-order chi connectivity index (χ0) is 23.1. The van der Waals surface area contributed by atoms with Gasteiger partial charge in [-0.1, -0.05) is 30.8 Å². The quantitative estimate of drug-likeness (QED) is 0.496. The van der Waals surface area contributed by atoms with Gasteiger partial charge in [0.1, 0.15) is 0 Å². The highest BCUT2D eigenvalue weighted by atomic mass is 16.2. The van der Waals surface area contributed by atoms with Gasteiger partial charge in [-0.05, 0) is 42.3 Å². The van der Waals surface area contributed by atoms with Crippen LogP contribution in [0.1, 0.15) is 23.1 Å². The van der Waals surface area contributed by atoms with E-state index in [9.17, 15) is 14.4 Å². The molecule has 0 saturated carbocycles. The zero-order valence-corrected chi connectivity index (χ0v) is 18.6. The highest BCUT2D eigenvalue weighted by Crippen LogP contribution is 2.40. The fraction of sp³-hybridized carbons (Fsp3) is 0.222. The summed E-state index contributed by atoms with van der Waals surface area (Å²) >= 11 is 0. The van der Waals surface area contributed by atoms with E-state index >= 15 is 0 Å². The molecular weight excluding hydrogens is 414 g/mol. The largest absolute Gasteiger partial charge is 0.368 e. The molecule has 0 radical (unpaired) electrons. The Hall–Kier alpha value is -3.93. The second-order valence-corrected chi connectivity index (χ2v) is 8.54. The number of fused-ring (bicyclic) bond motifs is 1. The van der Waals surface area contributed by atoms with E-state index in [2.05, 4.69) is 16.5 Å². The summed E-state index contributed by atoms with van der Waals surface area (Å²) in [6, 6.07) is 13.9. The molecule has 3 aromatic rings. The van der Waals surface area contributed by atoms with E-state index < -0.39 is 0 Å². The van der Waals surface area contributed by atoms with Crippen molar-refractivity contribution in [1.82, 2.24) is 9.88 Å². The summed E-state index contributed by atoms with van der Waals surface area (Å²) in [6.07, 6.45) is 3.07. The van der Waals surface area contributed by atoms with E-state index in [4.69, 9.17) is 0 Å². The molecule has 0 bridgehead atoms. The maximum atomic E-state index is 13.1. The van der Waals surface area contributed by atoms with E-state index in [0.29, 0.717) is 37.3 Å². The third-order valence-electron chi connectivity index (χ3n) is 6.61. The van der Waals surface area contributed by atoms with Gasteiger partial charge in [-0.2, -0.15) is 0 Å². The first kappa shape index (κ1) is 20.9. The number of para-hydroxylation sites is 1. The lowest BCUT2D eigenvalue weighted by molar-refractivity contribution is -0.126. The number of aromatic nitrogens is 1. The first-order valence-electron chi connectivity index (χ1n) is 11.1. The second kappa shape index (κ2) is 8.20. The van der Waals surface area contributed by atoms with Gasteiger partial charge >= 0.3 is 0 Å². The maximum Gasteiger partial charge on any atom is 0.246 e. The van der Waals surface area contributed by atoms with Crippen molar-refractivity contribution in [2.75, 3.05) is 31.1 Å². The number of ketones is 2. The van der Waals surface area contributed by atoms with Gasteiger partial charge in [-0.3, -0.25) is 14.4 Å². The predicted octanol–water partition coefficient (Wildman–Crippen LogP) is 3.76. The van der Waals surface area contributed by atoms with Crippen molar-refractivity contribution in [3.8, 4) is 0 Å². The number of amides is 1. The van der Waals surface area contributed by atoms with Gasteiger partial charge in [0.05, 0.1) is 6.42 Å². The SMILES string of the molecule is C=CC(=O)N1CCN(c2ccc(C)c(C3=C(c4c[nH]c5ccccc45)C(=O)CC3=O)c2)CC1. The summed E-state index contributed by atoms with van der Waals surface area (Å²) in [5.41, 5.74) is 5.45. The van der Waals surface area contributed by atoms with Crippen molar-refractivity contribution in [3.63, 3.8) is 0 Å². The van der Waals surface area contributed by atoms with Crippen molar-refractivity contribution in [1.29, 1.82) is 0 Å². The number of hydrogen-bond acceptors (Lipinski definition) is 4. The lowest BCUT2D eigenvalue weighted by Gasteiger charge is -2.36. The number of carbonyl (C=O) groups excluding carboxylic acids is 3. The number of aromatic amines is 1. The Kier molecular flexibility index (Phi) is 5.21. The Bertz CT molecular complexity index is 1340. The van der Waals surface area contributed by atoms with Crippen molar-refractivity contribution in [2.45, 2.75) is 13.3 Å². The molecule has 0 spiro atoms. The number of piperazine rings is 1. The standard InChI is InChI=1S/C27H25N3O3/c1-3-25(33)30-12-10-29(11-13-30)18-9-8-17(2)20(14-18)26-23(31)15-24(32)27(26)21-16-28-22-7-5-4-6-19(21)22/h3-9,14,16,28H,1,10-13,15H2,2H3. The van der Waals surface area contributed by atoms with Gasteiger partial charge in [0.25, 0.3) is 0 Å². The third-order valence-corrected chi connectivity index (χ3v) is 6.61. The summed E-state index contributed by atoms with van der Waals surface area (Å²) in [6.45, 7) is 8.17. The molecule has 1 fully saturated rings. The van der Waals surface area contributed by atoms with Crippen molar-refractivity contribution < 1.29 is 14.4 Å². The van der Waals surface area contributed by atoms with Gasteiger partial charge in [0.2, 0.25) is 5.91 Å². The van der Waals surface area contributed by atoms with Gasteiger partial charge in [0, 0.05) is 65.7 Å². The fourth-order valence-electron chi connectivity index (χ4n) is 4.84. The molecule has 1 amide bonds. The summed E-state index contributed by atoms with van der Waals surface area (Å²) in [4.78, 5) is 45.2. The summed E-state index contributed by atoms with van der Waals surface area (Å²) in [5, 5.41) is 0.935. The number of hydrogen-bond donors (Lipinski definition) is 1. The topological polar surface area (TPSA) is 73.5 Å². The number of benzene rings is 2. The van der Waals surface area contributed by atoms with Crippen LogP contribution in [0.5, 0.6) is 0 Å². The number of nitrogens with one attached hydrogen (secondary N) is 1. The normalized spacial score (nSPS) is 16.8. The fourth-order valence-corrected chi connectivity index (χ4v) is 4.84. The van der Waals surface area contributed by atoms with Crippen LogP contribution in [0.25, 0.3) is 22.0 Å². The lowest BCUT2D eigenvalue weighted by Crippen LogP contribution is -2.48. The van der Waals surface area contributed by atoms with E-state index in [1.165, 1.54) is 6.08 Å². The monoisotopic (exact) mass is 439 g/mol. The number of nitrogens with zero attached hydrogens (tertiary/aromatic N) is 2. The average molecular weight is 440 g/mol. The van der Waals surface area contributed by atoms with Crippen LogP contribution in [0.4, 0.5) is 5.69 Å². The number of rotatable bonds is 4. The molecular formula is C27H25N3O3. The van der Waals surface area contributed by atoms with Gasteiger partial charge in [-0.15, -0.1) is 0 Å². The Morgan fingerprint density at radius 1 is 0.970 bits per heavy atom. The Balaban J connectivity index is 1.56. The predicted molar refractivity (Wildman–Crippen MR) is 130 cm³/mol. The van der Waals surface area contributed by atoms with E-state index in [1.54, 1.807) is 4.90 Å². The minimum absolute atomic E-state index is 0.0529. The molecule has 2 aromatic carbocycles. The maximum absolute atomic E-state index is 13.1. The Morgan fingerprint density at radius 3 is 2.39 bits per heavy atom. The lowest BCUT2D eigenvalue weighted by atomic mass is 9.92. The number of anilines is 1. The van der Waals surface area contributed by atoms with E-state index in [0.717, 1.165) is 33.3 Å². The molecule has 1 saturated heterocycles.